The highest BCUT2D eigenvalue weighted by Crippen LogP contribution is 2.21. The predicted molar refractivity (Wildman–Crippen MR) is 82.0 cm³/mol. The molecular formula is C14H16ClN3O3S. The largest absolute Gasteiger partial charge is 0.377 e. The average Bonchev–Trinajstić information content (AvgIpc) is 2.98. The lowest BCUT2D eigenvalue weighted by atomic mass is 10.1. The number of hydrogen-bond acceptors (Lipinski definition) is 5. The van der Waals surface area contributed by atoms with Gasteiger partial charge in [-0.2, -0.15) is 0 Å². The fourth-order valence-electron chi connectivity index (χ4n) is 2.50. The van der Waals surface area contributed by atoms with Gasteiger partial charge in [-0.05, 0) is 37.5 Å². The van der Waals surface area contributed by atoms with Crippen LogP contribution in [0.1, 0.15) is 19.3 Å². The lowest BCUT2D eigenvalue weighted by Gasteiger charge is -2.22. The Hall–Kier alpha value is -1.44. The van der Waals surface area contributed by atoms with Crippen LogP contribution >= 0.6 is 11.6 Å². The molecular weight excluding hydrogens is 326 g/mol. The Morgan fingerprint density at radius 3 is 2.95 bits per heavy atom. The molecule has 0 aliphatic carbocycles. The molecule has 0 radical (unpaired) electrons. The summed E-state index contributed by atoms with van der Waals surface area (Å²) in [7, 11) is -3.59. The van der Waals surface area contributed by atoms with Crippen LogP contribution in [0.4, 0.5) is 0 Å². The standard InChI is InChI=1S/C14H16ClN3O3S/c15-11-4-3-5-12(8-11)18-10-16-17-14(18)22(19,20)9-13-6-1-2-7-21-13/h3-5,8,10,13H,1-2,6-7,9H2. The maximum absolute atomic E-state index is 12.6. The molecule has 1 aromatic carbocycles. The van der Waals surface area contributed by atoms with Crippen molar-refractivity contribution >= 4 is 21.4 Å². The van der Waals surface area contributed by atoms with Gasteiger partial charge in [0.05, 0.1) is 17.5 Å². The van der Waals surface area contributed by atoms with Crippen LogP contribution in [0.15, 0.2) is 35.7 Å². The van der Waals surface area contributed by atoms with Crippen molar-refractivity contribution in [2.24, 2.45) is 0 Å². The number of benzene rings is 1. The third-order valence-electron chi connectivity index (χ3n) is 3.56. The minimum Gasteiger partial charge on any atom is -0.377 e. The van der Waals surface area contributed by atoms with Crippen LogP contribution in [-0.4, -0.2) is 41.6 Å². The summed E-state index contributed by atoms with van der Waals surface area (Å²) in [6, 6.07) is 6.89. The third kappa shape index (κ3) is 3.31. The van der Waals surface area contributed by atoms with Gasteiger partial charge in [-0.15, -0.1) is 10.2 Å². The van der Waals surface area contributed by atoms with E-state index in [9.17, 15) is 8.42 Å². The molecule has 1 aliphatic rings. The second-order valence-corrected chi connectivity index (χ2v) is 7.60. The van der Waals surface area contributed by atoms with Crippen LogP contribution in [0, 0.1) is 0 Å². The molecule has 0 bridgehead atoms. The Kier molecular flexibility index (Phi) is 4.46. The average molecular weight is 342 g/mol. The molecule has 22 heavy (non-hydrogen) atoms. The van der Waals surface area contributed by atoms with Crippen LogP contribution < -0.4 is 0 Å². The highest BCUT2D eigenvalue weighted by molar-refractivity contribution is 7.91. The topological polar surface area (TPSA) is 74.1 Å². The summed E-state index contributed by atoms with van der Waals surface area (Å²) < 4.78 is 32.2. The smallest absolute Gasteiger partial charge is 0.254 e. The number of rotatable bonds is 4. The van der Waals surface area contributed by atoms with Gasteiger partial charge in [0.15, 0.2) is 0 Å². The molecule has 2 heterocycles. The van der Waals surface area contributed by atoms with Crippen molar-refractivity contribution in [1.82, 2.24) is 14.8 Å². The van der Waals surface area contributed by atoms with Crippen molar-refractivity contribution in [2.45, 2.75) is 30.5 Å². The van der Waals surface area contributed by atoms with Crippen LogP contribution in [0.3, 0.4) is 0 Å². The van der Waals surface area contributed by atoms with Crippen molar-refractivity contribution in [3.63, 3.8) is 0 Å². The van der Waals surface area contributed by atoms with E-state index in [1.807, 2.05) is 0 Å². The fourth-order valence-corrected chi connectivity index (χ4v) is 4.21. The highest BCUT2D eigenvalue weighted by Gasteiger charge is 2.28. The van der Waals surface area contributed by atoms with E-state index in [-0.39, 0.29) is 17.0 Å². The molecule has 1 unspecified atom stereocenters. The lowest BCUT2D eigenvalue weighted by molar-refractivity contribution is 0.0304. The molecule has 0 amide bonds. The summed E-state index contributed by atoms with van der Waals surface area (Å²) in [5, 5.41) is 7.96. The van der Waals surface area contributed by atoms with Gasteiger partial charge in [-0.25, -0.2) is 8.42 Å². The number of halogens is 1. The first-order chi connectivity index (χ1) is 10.6. The van der Waals surface area contributed by atoms with Gasteiger partial charge in [0.1, 0.15) is 6.33 Å². The Morgan fingerprint density at radius 1 is 1.36 bits per heavy atom. The van der Waals surface area contributed by atoms with Gasteiger partial charge >= 0.3 is 0 Å². The maximum atomic E-state index is 12.6. The molecule has 0 saturated carbocycles. The summed E-state index contributed by atoms with van der Waals surface area (Å²) >= 11 is 5.96. The highest BCUT2D eigenvalue weighted by atomic mass is 35.5. The molecule has 2 aromatic rings. The van der Waals surface area contributed by atoms with Crippen molar-refractivity contribution in [1.29, 1.82) is 0 Å². The SMILES string of the molecule is O=S(=O)(CC1CCCCO1)c1nncn1-c1cccc(Cl)c1. The summed E-state index contributed by atoms with van der Waals surface area (Å²) in [6.07, 6.45) is 3.82. The second kappa shape index (κ2) is 6.36. The molecule has 1 atom stereocenters. The number of sulfone groups is 1. The first-order valence-electron chi connectivity index (χ1n) is 7.06. The molecule has 8 heteroatoms. The predicted octanol–water partition coefficient (Wildman–Crippen LogP) is 2.26. The van der Waals surface area contributed by atoms with Crippen molar-refractivity contribution in [3.8, 4) is 5.69 Å². The number of aromatic nitrogens is 3. The first-order valence-corrected chi connectivity index (χ1v) is 9.09. The van der Waals surface area contributed by atoms with Crippen LogP contribution in [0.25, 0.3) is 5.69 Å². The van der Waals surface area contributed by atoms with E-state index < -0.39 is 9.84 Å². The molecule has 0 spiro atoms. The zero-order valence-electron chi connectivity index (χ0n) is 11.9. The summed E-state index contributed by atoms with van der Waals surface area (Å²) in [6.45, 7) is 0.612. The van der Waals surface area contributed by atoms with Crippen molar-refractivity contribution < 1.29 is 13.2 Å². The zero-order chi connectivity index (χ0) is 15.6. The van der Waals surface area contributed by atoms with E-state index in [2.05, 4.69) is 10.2 Å². The van der Waals surface area contributed by atoms with Crippen LogP contribution in [0.5, 0.6) is 0 Å². The minimum absolute atomic E-state index is 0.0771. The Morgan fingerprint density at radius 2 is 2.23 bits per heavy atom. The third-order valence-corrected chi connectivity index (χ3v) is 5.44. The molecule has 1 saturated heterocycles. The van der Waals surface area contributed by atoms with Gasteiger partial charge in [0.2, 0.25) is 9.84 Å². The van der Waals surface area contributed by atoms with E-state index in [1.54, 1.807) is 24.3 Å². The summed E-state index contributed by atoms with van der Waals surface area (Å²) in [5.74, 6) is -0.0771. The quantitative estimate of drug-likeness (QED) is 0.852. The summed E-state index contributed by atoms with van der Waals surface area (Å²) in [4.78, 5) is 0. The number of ether oxygens (including phenoxy) is 1. The second-order valence-electron chi connectivity index (χ2n) is 5.23. The molecule has 0 N–H and O–H groups in total. The van der Waals surface area contributed by atoms with Gasteiger partial charge < -0.3 is 4.74 Å². The zero-order valence-corrected chi connectivity index (χ0v) is 13.4. The van der Waals surface area contributed by atoms with Crippen molar-refractivity contribution in [2.75, 3.05) is 12.4 Å². The van der Waals surface area contributed by atoms with Crippen molar-refractivity contribution in [3.05, 3.63) is 35.6 Å². The molecule has 3 rings (SSSR count). The Labute approximate surface area is 134 Å². The molecule has 6 nitrogen and oxygen atoms in total. The number of nitrogens with zero attached hydrogens (tertiary/aromatic N) is 3. The Balaban J connectivity index is 1.90. The van der Waals surface area contributed by atoms with E-state index in [4.69, 9.17) is 16.3 Å². The van der Waals surface area contributed by atoms with Gasteiger partial charge in [0, 0.05) is 11.6 Å². The minimum atomic E-state index is -3.59. The Bertz CT molecular complexity index is 754. The monoisotopic (exact) mass is 341 g/mol. The first kappa shape index (κ1) is 15.5. The van der Waals surface area contributed by atoms with Gasteiger partial charge in [0.25, 0.3) is 5.16 Å². The molecule has 1 fully saturated rings. The van der Waals surface area contributed by atoms with Crippen LogP contribution in [-0.2, 0) is 14.6 Å². The fraction of sp³-hybridized carbons (Fsp3) is 0.429. The molecule has 118 valence electrons. The van der Waals surface area contributed by atoms with E-state index in [1.165, 1.54) is 10.9 Å². The summed E-state index contributed by atoms with van der Waals surface area (Å²) in [5.41, 5.74) is 0.612. The molecule has 1 aromatic heterocycles. The number of hydrogen-bond donors (Lipinski definition) is 0. The van der Waals surface area contributed by atoms with Gasteiger partial charge in [-0.3, -0.25) is 4.57 Å². The van der Waals surface area contributed by atoms with E-state index in [0.717, 1.165) is 19.3 Å². The van der Waals surface area contributed by atoms with Crippen LogP contribution in [0.2, 0.25) is 5.02 Å². The maximum Gasteiger partial charge on any atom is 0.254 e. The normalized spacial score (nSPS) is 19.2. The van der Waals surface area contributed by atoms with E-state index in [0.29, 0.717) is 17.3 Å². The van der Waals surface area contributed by atoms with Gasteiger partial charge in [-0.1, -0.05) is 17.7 Å². The molecule has 1 aliphatic heterocycles. The van der Waals surface area contributed by atoms with E-state index >= 15 is 0 Å². The lowest BCUT2D eigenvalue weighted by Crippen LogP contribution is -2.29.